The quantitative estimate of drug-likeness (QED) is 0.502. The molecular formula is C23H22ClNO3. The summed E-state index contributed by atoms with van der Waals surface area (Å²) in [5, 5.41) is 3.53. The molecule has 0 fully saturated rings. The van der Waals surface area contributed by atoms with Crippen LogP contribution in [-0.2, 0) is 0 Å². The number of nitrogens with one attached hydrogen (secondary N) is 1. The lowest BCUT2D eigenvalue weighted by Crippen LogP contribution is -2.11. The van der Waals surface area contributed by atoms with E-state index < -0.39 is 0 Å². The van der Waals surface area contributed by atoms with Crippen molar-refractivity contribution >= 4 is 23.2 Å². The summed E-state index contributed by atoms with van der Waals surface area (Å²) >= 11 is 5.87. The lowest BCUT2D eigenvalue weighted by molar-refractivity contribution is 0.102. The molecule has 0 saturated carbocycles. The third-order valence-corrected chi connectivity index (χ3v) is 4.11. The van der Waals surface area contributed by atoms with Crippen LogP contribution < -0.4 is 14.8 Å². The van der Waals surface area contributed by atoms with Crippen molar-refractivity contribution in [3.63, 3.8) is 0 Å². The van der Waals surface area contributed by atoms with Gasteiger partial charge in [-0.1, -0.05) is 25.4 Å². The largest absolute Gasteiger partial charge is 0.493 e. The highest BCUT2D eigenvalue weighted by molar-refractivity contribution is 6.30. The van der Waals surface area contributed by atoms with Gasteiger partial charge in [-0.05, 0) is 78.7 Å². The second kappa shape index (κ2) is 9.29. The van der Waals surface area contributed by atoms with Crippen LogP contribution in [0.2, 0.25) is 5.02 Å². The first kappa shape index (κ1) is 19.8. The van der Waals surface area contributed by atoms with Crippen molar-refractivity contribution in [1.29, 1.82) is 0 Å². The molecule has 3 rings (SSSR count). The predicted molar refractivity (Wildman–Crippen MR) is 113 cm³/mol. The van der Waals surface area contributed by atoms with E-state index in [1.54, 1.807) is 72.8 Å². The third-order valence-electron chi connectivity index (χ3n) is 3.86. The van der Waals surface area contributed by atoms with Crippen molar-refractivity contribution in [2.75, 3.05) is 11.9 Å². The Morgan fingerprint density at radius 2 is 1.39 bits per heavy atom. The second-order valence-electron chi connectivity index (χ2n) is 6.76. The summed E-state index contributed by atoms with van der Waals surface area (Å²) in [6, 6.07) is 21.4. The van der Waals surface area contributed by atoms with Gasteiger partial charge in [-0.2, -0.15) is 0 Å². The minimum Gasteiger partial charge on any atom is -0.493 e. The molecule has 144 valence electrons. The molecule has 1 N–H and O–H groups in total. The van der Waals surface area contributed by atoms with E-state index in [2.05, 4.69) is 19.2 Å². The van der Waals surface area contributed by atoms with Crippen LogP contribution in [0.1, 0.15) is 24.2 Å². The highest BCUT2D eigenvalue weighted by atomic mass is 35.5. The maximum atomic E-state index is 12.4. The molecule has 0 spiro atoms. The lowest BCUT2D eigenvalue weighted by Gasteiger charge is -2.10. The summed E-state index contributed by atoms with van der Waals surface area (Å²) in [6.07, 6.45) is 0. The molecule has 28 heavy (non-hydrogen) atoms. The number of rotatable bonds is 7. The Morgan fingerprint density at radius 3 is 1.96 bits per heavy atom. The van der Waals surface area contributed by atoms with Crippen molar-refractivity contribution in [3.8, 4) is 17.2 Å². The Kier molecular flexibility index (Phi) is 6.56. The summed E-state index contributed by atoms with van der Waals surface area (Å²) in [5.74, 6) is 2.40. The zero-order valence-electron chi connectivity index (χ0n) is 15.8. The topological polar surface area (TPSA) is 47.6 Å². The maximum Gasteiger partial charge on any atom is 0.255 e. The molecule has 0 heterocycles. The Morgan fingerprint density at radius 1 is 0.857 bits per heavy atom. The number of hydrogen-bond acceptors (Lipinski definition) is 3. The summed E-state index contributed by atoms with van der Waals surface area (Å²) < 4.78 is 11.4. The molecule has 0 aliphatic rings. The SMILES string of the molecule is CC(C)COc1ccc(C(=O)Nc2ccc(Oc3ccc(Cl)cc3)cc2)cc1. The lowest BCUT2D eigenvalue weighted by atomic mass is 10.2. The van der Waals surface area contributed by atoms with Crippen LogP contribution in [-0.4, -0.2) is 12.5 Å². The minimum atomic E-state index is -0.179. The van der Waals surface area contributed by atoms with Gasteiger partial charge in [-0.3, -0.25) is 4.79 Å². The molecule has 5 heteroatoms. The van der Waals surface area contributed by atoms with Crippen molar-refractivity contribution in [3.05, 3.63) is 83.4 Å². The molecule has 0 atom stereocenters. The zero-order valence-corrected chi connectivity index (χ0v) is 16.6. The standard InChI is InChI=1S/C23H22ClNO3/c1-16(2)15-27-20-9-3-17(4-10-20)23(26)25-19-7-13-22(14-8-19)28-21-11-5-18(24)6-12-21/h3-14,16H,15H2,1-2H3,(H,25,26). The molecule has 0 radical (unpaired) electrons. The van der Waals surface area contributed by atoms with Gasteiger partial charge >= 0.3 is 0 Å². The minimum absolute atomic E-state index is 0.179. The molecule has 3 aromatic carbocycles. The first-order chi connectivity index (χ1) is 13.5. The summed E-state index contributed by atoms with van der Waals surface area (Å²) in [6.45, 7) is 4.83. The number of benzene rings is 3. The van der Waals surface area contributed by atoms with Crippen LogP contribution in [0, 0.1) is 5.92 Å². The second-order valence-corrected chi connectivity index (χ2v) is 7.20. The van der Waals surface area contributed by atoms with Crippen LogP contribution in [0.4, 0.5) is 5.69 Å². The fraction of sp³-hybridized carbons (Fsp3) is 0.174. The molecule has 0 saturated heterocycles. The average molecular weight is 396 g/mol. The predicted octanol–water partition coefficient (Wildman–Crippen LogP) is 6.42. The highest BCUT2D eigenvalue weighted by Crippen LogP contribution is 2.24. The Hall–Kier alpha value is -2.98. The van der Waals surface area contributed by atoms with Gasteiger partial charge in [0.25, 0.3) is 5.91 Å². The maximum absolute atomic E-state index is 12.4. The smallest absolute Gasteiger partial charge is 0.255 e. The van der Waals surface area contributed by atoms with Crippen molar-refractivity contribution < 1.29 is 14.3 Å². The Balaban J connectivity index is 1.57. The van der Waals surface area contributed by atoms with E-state index in [0.29, 0.717) is 40.3 Å². The van der Waals surface area contributed by atoms with Crippen molar-refractivity contribution in [1.82, 2.24) is 0 Å². The van der Waals surface area contributed by atoms with Gasteiger partial charge in [0.2, 0.25) is 0 Å². The molecule has 4 nitrogen and oxygen atoms in total. The van der Waals surface area contributed by atoms with Gasteiger partial charge in [0, 0.05) is 16.3 Å². The van der Waals surface area contributed by atoms with Gasteiger partial charge in [0.05, 0.1) is 6.61 Å². The van der Waals surface area contributed by atoms with E-state index in [0.717, 1.165) is 5.75 Å². The molecule has 0 bridgehead atoms. The Labute approximate surface area is 170 Å². The van der Waals surface area contributed by atoms with Crippen LogP contribution in [0.15, 0.2) is 72.8 Å². The average Bonchev–Trinajstić information content (AvgIpc) is 2.70. The first-order valence-corrected chi connectivity index (χ1v) is 9.45. The first-order valence-electron chi connectivity index (χ1n) is 9.07. The van der Waals surface area contributed by atoms with Gasteiger partial charge < -0.3 is 14.8 Å². The molecular weight excluding hydrogens is 374 g/mol. The van der Waals surface area contributed by atoms with Crippen molar-refractivity contribution in [2.24, 2.45) is 5.92 Å². The van der Waals surface area contributed by atoms with E-state index in [-0.39, 0.29) is 5.91 Å². The molecule has 3 aromatic rings. The van der Waals surface area contributed by atoms with Gasteiger partial charge in [-0.25, -0.2) is 0 Å². The molecule has 0 aliphatic heterocycles. The van der Waals surface area contributed by atoms with E-state index in [1.807, 2.05) is 0 Å². The molecule has 1 amide bonds. The number of ether oxygens (including phenoxy) is 2. The number of hydrogen-bond donors (Lipinski definition) is 1. The van der Waals surface area contributed by atoms with Crippen molar-refractivity contribution in [2.45, 2.75) is 13.8 Å². The van der Waals surface area contributed by atoms with E-state index in [1.165, 1.54) is 0 Å². The monoisotopic (exact) mass is 395 g/mol. The molecule has 0 aromatic heterocycles. The van der Waals surface area contributed by atoms with E-state index in [4.69, 9.17) is 21.1 Å². The number of carbonyl (C=O) groups excluding carboxylic acids is 1. The number of anilines is 1. The normalized spacial score (nSPS) is 10.6. The van der Waals surface area contributed by atoms with Crippen LogP contribution in [0.25, 0.3) is 0 Å². The highest BCUT2D eigenvalue weighted by Gasteiger charge is 2.07. The van der Waals surface area contributed by atoms with Gasteiger partial charge in [0.1, 0.15) is 17.2 Å². The summed E-state index contributed by atoms with van der Waals surface area (Å²) in [4.78, 5) is 12.4. The number of amides is 1. The molecule has 0 aliphatic carbocycles. The van der Waals surface area contributed by atoms with Gasteiger partial charge in [-0.15, -0.1) is 0 Å². The molecule has 0 unspecified atom stereocenters. The van der Waals surface area contributed by atoms with E-state index in [9.17, 15) is 4.79 Å². The summed E-state index contributed by atoms with van der Waals surface area (Å²) in [5.41, 5.74) is 1.26. The van der Waals surface area contributed by atoms with Crippen LogP contribution in [0.5, 0.6) is 17.2 Å². The third kappa shape index (κ3) is 5.76. The van der Waals surface area contributed by atoms with Crippen LogP contribution >= 0.6 is 11.6 Å². The Bertz CT molecular complexity index is 904. The van der Waals surface area contributed by atoms with E-state index >= 15 is 0 Å². The fourth-order valence-corrected chi connectivity index (χ4v) is 2.54. The number of carbonyl (C=O) groups is 1. The number of halogens is 1. The fourth-order valence-electron chi connectivity index (χ4n) is 2.41. The van der Waals surface area contributed by atoms with Gasteiger partial charge in [0.15, 0.2) is 0 Å². The zero-order chi connectivity index (χ0) is 19.9. The summed E-state index contributed by atoms with van der Waals surface area (Å²) in [7, 11) is 0. The van der Waals surface area contributed by atoms with Crippen LogP contribution in [0.3, 0.4) is 0 Å².